The Hall–Kier alpha value is -0.830. The quantitative estimate of drug-likeness (QED) is 0.776. The fourth-order valence-corrected chi connectivity index (χ4v) is 1.83. The Bertz CT molecular complexity index is 370. The van der Waals surface area contributed by atoms with E-state index in [0.29, 0.717) is 0 Å². The van der Waals surface area contributed by atoms with Crippen molar-refractivity contribution < 1.29 is 9.53 Å². The van der Waals surface area contributed by atoms with E-state index in [1.165, 1.54) is 0 Å². The number of benzene rings is 1. The van der Waals surface area contributed by atoms with Crippen molar-refractivity contribution in [2.24, 2.45) is 5.92 Å². The summed E-state index contributed by atoms with van der Waals surface area (Å²) < 4.78 is 5.94. The fraction of sp³-hybridized carbons (Fsp3) is 0.364. The van der Waals surface area contributed by atoms with Crippen molar-refractivity contribution in [3.05, 3.63) is 28.2 Å². The molecule has 0 N–H and O–H groups in total. The van der Waals surface area contributed by atoms with E-state index >= 15 is 0 Å². The molecule has 0 bridgehead atoms. The van der Waals surface area contributed by atoms with E-state index in [-0.39, 0.29) is 11.7 Å². The fourth-order valence-electron chi connectivity index (χ4n) is 1.39. The minimum atomic E-state index is 0.232. The summed E-state index contributed by atoms with van der Waals surface area (Å²) in [5.74, 6) is 1.21. The molecule has 0 atom stereocenters. The van der Waals surface area contributed by atoms with Crippen molar-refractivity contribution >= 4 is 21.7 Å². The second-order valence-corrected chi connectivity index (χ2v) is 4.34. The Morgan fingerprint density at radius 3 is 2.79 bits per heavy atom. The SMILES string of the molecule is COc1ccc(Br)c(C(=O)C2CC2)c1. The zero-order valence-corrected chi connectivity index (χ0v) is 9.50. The summed E-state index contributed by atoms with van der Waals surface area (Å²) in [5, 5.41) is 0. The molecule has 1 aromatic rings. The lowest BCUT2D eigenvalue weighted by Crippen LogP contribution is -2.02. The van der Waals surface area contributed by atoms with Crippen LogP contribution in [0.5, 0.6) is 5.75 Å². The highest BCUT2D eigenvalue weighted by molar-refractivity contribution is 9.10. The monoisotopic (exact) mass is 254 g/mol. The van der Waals surface area contributed by atoms with Crippen molar-refractivity contribution in [2.45, 2.75) is 12.8 Å². The van der Waals surface area contributed by atoms with Gasteiger partial charge in [-0.2, -0.15) is 0 Å². The molecule has 2 rings (SSSR count). The summed E-state index contributed by atoms with van der Waals surface area (Å²) in [4.78, 5) is 11.8. The number of Topliss-reactive ketones (excluding diaryl/α,β-unsaturated/α-hetero) is 1. The number of ether oxygens (including phenoxy) is 1. The Morgan fingerprint density at radius 2 is 2.21 bits per heavy atom. The molecule has 1 saturated carbocycles. The largest absolute Gasteiger partial charge is 0.497 e. The van der Waals surface area contributed by atoms with Crippen LogP contribution >= 0.6 is 15.9 Å². The number of methoxy groups -OCH3 is 1. The number of rotatable bonds is 3. The van der Waals surface area contributed by atoms with Gasteiger partial charge in [0, 0.05) is 16.0 Å². The van der Waals surface area contributed by atoms with Crippen LogP contribution in [-0.4, -0.2) is 12.9 Å². The average Bonchev–Trinajstić information content (AvgIpc) is 3.01. The first kappa shape index (κ1) is 9.71. The second kappa shape index (κ2) is 3.73. The number of ketones is 1. The van der Waals surface area contributed by atoms with Crippen LogP contribution in [0.15, 0.2) is 22.7 Å². The number of hydrogen-bond donors (Lipinski definition) is 0. The lowest BCUT2D eigenvalue weighted by Gasteiger charge is -2.05. The lowest BCUT2D eigenvalue weighted by molar-refractivity contribution is 0.0966. The van der Waals surface area contributed by atoms with Crippen molar-refractivity contribution in [1.29, 1.82) is 0 Å². The highest BCUT2D eigenvalue weighted by Crippen LogP contribution is 2.35. The molecule has 1 aliphatic rings. The van der Waals surface area contributed by atoms with Gasteiger partial charge in [0.25, 0.3) is 0 Å². The number of carbonyl (C=O) groups excluding carboxylic acids is 1. The molecular formula is C11H11BrO2. The molecule has 0 heterocycles. The van der Waals surface area contributed by atoms with Crippen LogP contribution < -0.4 is 4.74 Å². The molecule has 0 amide bonds. The van der Waals surface area contributed by atoms with Gasteiger partial charge in [0.1, 0.15) is 5.75 Å². The van der Waals surface area contributed by atoms with Crippen LogP contribution in [0.3, 0.4) is 0 Å². The third-order valence-corrected chi connectivity index (χ3v) is 3.08. The molecule has 0 spiro atoms. The minimum absolute atomic E-state index is 0.232. The summed E-state index contributed by atoms with van der Waals surface area (Å²) in [5.41, 5.74) is 0.742. The molecule has 0 aliphatic heterocycles. The molecule has 1 aromatic carbocycles. The first-order chi connectivity index (χ1) is 6.72. The zero-order chi connectivity index (χ0) is 10.1. The van der Waals surface area contributed by atoms with E-state index in [4.69, 9.17) is 4.74 Å². The summed E-state index contributed by atoms with van der Waals surface area (Å²) in [7, 11) is 1.61. The highest BCUT2D eigenvalue weighted by Gasteiger charge is 2.31. The van der Waals surface area contributed by atoms with E-state index in [9.17, 15) is 4.79 Å². The van der Waals surface area contributed by atoms with Crippen LogP contribution in [0, 0.1) is 5.92 Å². The molecule has 2 nitrogen and oxygen atoms in total. The van der Waals surface area contributed by atoms with Gasteiger partial charge in [-0.3, -0.25) is 4.79 Å². The van der Waals surface area contributed by atoms with Crippen LogP contribution in [-0.2, 0) is 0 Å². The Morgan fingerprint density at radius 1 is 1.50 bits per heavy atom. The normalized spacial score (nSPS) is 15.3. The van der Waals surface area contributed by atoms with Gasteiger partial charge in [0.2, 0.25) is 0 Å². The van der Waals surface area contributed by atoms with E-state index in [0.717, 1.165) is 28.6 Å². The topological polar surface area (TPSA) is 26.3 Å². The third kappa shape index (κ3) is 1.82. The van der Waals surface area contributed by atoms with E-state index in [2.05, 4.69) is 15.9 Å². The molecular weight excluding hydrogens is 244 g/mol. The number of halogens is 1. The standard InChI is InChI=1S/C11H11BrO2/c1-14-8-4-5-10(12)9(6-8)11(13)7-2-3-7/h4-7H,2-3H2,1H3. The minimum Gasteiger partial charge on any atom is -0.497 e. The van der Waals surface area contributed by atoms with Gasteiger partial charge in [0.15, 0.2) is 5.78 Å². The van der Waals surface area contributed by atoms with Crippen molar-refractivity contribution in [1.82, 2.24) is 0 Å². The molecule has 1 aliphatic carbocycles. The van der Waals surface area contributed by atoms with Crippen LogP contribution in [0.2, 0.25) is 0 Å². The Labute approximate surface area is 91.4 Å². The first-order valence-corrected chi connectivity index (χ1v) is 5.39. The van der Waals surface area contributed by atoms with Gasteiger partial charge in [0.05, 0.1) is 7.11 Å². The van der Waals surface area contributed by atoms with Gasteiger partial charge >= 0.3 is 0 Å². The van der Waals surface area contributed by atoms with Crippen molar-refractivity contribution in [3.8, 4) is 5.75 Å². The van der Waals surface area contributed by atoms with Gasteiger partial charge in [-0.1, -0.05) is 15.9 Å². The van der Waals surface area contributed by atoms with Crippen LogP contribution in [0.25, 0.3) is 0 Å². The molecule has 0 aromatic heterocycles. The Kier molecular flexibility index (Phi) is 2.59. The number of hydrogen-bond acceptors (Lipinski definition) is 2. The molecule has 1 fully saturated rings. The summed E-state index contributed by atoms with van der Waals surface area (Å²) in [6.45, 7) is 0. The maximum Gasteiger partial charge on any atom is 0.167 e. The van der Waals surface area contributed by atoms with Gasteiger partial charge in [-0.05, 0) is 31.0 Å². The maximum absolute atomic E-state index is 11.8. The van der Waals surface area contributed by atoms with Crippen LogP contribution in [0.4, 0.5) is 0 Å². The van der Waals surface area contributed by atoms with Gasteiger partial charge in [-0.15, -0.1) is 0 Å². The maximum atomic E-state index is 11.8. The Balaban J connectivity index is 2.34. The highest BCUT2D eigenvalue weighted by atomic mass is 79.9. The summed E-state index contributed by atoms with van der Waals surface area (Å²) >= 11 is 3.38. The smallest absolute Gasteiger partial charge is 0.167 e. The van der Waals surface area contributed by atoms with E-state index in [1.54, 1.807) is 13.2 Å². The third-order valence-electron chi connectivity index (χ3n) is 2.39. The predicted octanol–water partition coefficient (Wildman–Crippen LogP) is 3.05. The average molecular weight is 255 g/mol. The molecule has 0 unspecified atom stereocenters. The molecule has 3 heteroatoms. The van der Waals surface area contributed by atoms with Crippen molar-refractivity contribution in [3.63, 3.8) is 0 Å². The molecule has 74 valence electrons. The van der Waals surface area contributed by atoms with Gasteiger partial charge < -0.3 is 4.74 Å². The van der Waals surface area contributed by atoms with E-state index in [1.807, 2.05) is 12.1 Å². The van der Waals surface area contributed by atoms with Crippen LogP contribution in [0.1, 0.15) is 23.2 Å². The van der Waals surface area contributed by atoms with Gasteiger partial charge in [-0.25, -0.2) is 0 Å². The second-order valence-electron chi connectivity index (χ2n) is 3.48. The molecule has 0 radical (unpaired) electrons. The summed E-state index contributed by atoms with van der Waals surface area (Å²) in [6.07, 6.45) is 2.06. The first-order valence-electron chi connectivity index (χ1n) is 4.60. The van der Waals surface area contributed by atoms with Crippen molar-refractivity contribution in [2.75, 3.05) is 7.11 Å². The summed E-state index contributed by atoms with van der Waals surface area (Å²) in [6, 6.07) is 5.49. The predicted molar refractivity (Wildman–Crippen MR) is 57.7 cm³/mol. The van der Waals surface area contributed by atoms with E-state index < -0.39 is 0 Å². The molecule has 14 heavy (non-hydrogen) atoms. The molecule has 0 saturated heterocycles. The lowest BCUT2D eigenvalue weighted by atomic mass is 10.1. The number of carbonyl (C=O) groups is 1. The zero-order valence-electron chi connectivity index (χ0n) is 7.92.